The van der Waals surface area contributed by atoms with Gasteiger partial charge in [-0.05, 0) is 18.3 Å². The van der Waals surface area contributed by atoms with Crippen LogP contribution in [-0.4, -0.2) is 24.2 Å². The van der Waals surface area contributed by atoms with Crippen LogP contribution in [0.2, 0.25) is 0 Å². The van der Waals surface area contributed by atoms with Gasteiger partial charge in [0.25, 0.3) is 0 Å². The van der Waals surface area contributed by atoms with Crippen molar-refractivity contribution in [2.45, 2.75) is 26.7 Å². The average Bonchev–Trinajstić information content (AvgIpc) is 2.86. The lowest BCUT2D eigenvalue weighted by Gasteiger charge is -2.10. The van der Waals surface area contributed by atoms with Crippen LogP contribution in [0, 0.1) is 17.3 Å². The van der Waals surface area contributed by atoms with Gasteiger partial charge in [0, 0.05) is 0 Å². The van der Waals surface area contributed by atoms with Crippen molar-refractivity contribution in [3.63, 3.8) is 0 Å². The first-order chi connectivity index (χ1) is 6.55. The fraction of sp³-hybridized carbons (Fsp3) is 0.800. The van der Waals surface area contributed by atoms with Crippen molar-refractivity contribution in [1.29, 1.82) is 0 Å². The predicted molar refractivity (Wildman–Crippen MR) is 49.6 cm³/mol. The number of carboxylic acid groups (broad SMARTS) is 1. The molecule has 1 N–H and O–H groups in total. The van der Waals surface area contributed by atoms with Crippen LogP contribution >= 0.6 is 0 Å². The summed E-state index contributed by atoms with van der Waals surface area (Å²) in [5, 5.41) is 8.96. The van der Waals surface area contributed by atoms with Gasteiger partial charge < -0.3 is 9.84 Å². The number of carboxylic acids is 1. The zero-order chi connectivity index (χ0) is 10.9. The Morgan fingerprint density at radius 3 is 2.00 bits per heavy atom. The van der Waals surface area contributed by atoms with E-state index in [0.29, 0.717) is 12.8 Å². The molecule has 0 aromatic rings. The number of hydrogen-bond donors (Lipinski definition) is 1. The Kier molecular flexibility index (Phi) is 2.83. The van der Waals surface area contributed by atoms with Crippen LogP contribution < -0.4 is 0 Å². The Morgan fingerprint density at radius 1 is 1.29 bits per heavy atom. The van der Waals surface area contributed by atoms with Gasteiger partial charge in [0.05, 0.1) is 18.9 Å². The molecule has 0 aromatic carbocycles. The second kappa shape index (κ2) is 3.59. The fourth-order valence-electron chi connectivity index (χ4n) is 2.51. The quantitative estimate of drug-likeness (QED) is 0.695. The van der Waals surface area contributed by atoms with Crippen molar-refractivity contribution in [2.75, 3.05) is 7.11 Å². The number of ether oxygens (including phenoxy) is 1. The smallest absolute Gasteiger partial charge is 0.310 e. The van der Waals surface area contributed by atoms with Gasteiger partial charge >= 0.3 is 11.9 Å². The minimum atomic E-state index is -0.885. The van der Waals surface area contributed by atoms with Gasteiger partial charge in [0.1, 0.15) is 0 Å². The predicted octanol–water partition coefficient (Wildman–Crippen LogP) is 1.30. The first-order valence-electron chi connectivity index (χ1n) is 4.85. The molecule has 1 fully saturated rings. The average molecular weight is 200 g/mol. The Morgan fingerprint density at radius 2 is 1.79 bits per heavy atom. The molecule has 2 unspecified atom stereocenters. The second-order valence-corrected chi connectivity index (χ2v) is 3.76. The third-order valence-electron chi connectivity index (χ3n) is 3.50. The number of rotatable bonds is 4. The molecule has 2 atom stereocenters. The van der Waals surface area contributed by atoms with Crippen LogP contribution in [0.15, 0.2) is 0 Å². The lowest BCUT2D eigenvalue weighted by molar-refractivity contribution is -0.146. The number of methoxy groups -OCH3 is 1. The molecule has 0 heterocycles. The molecular formula is C10H16O4. The maximum absolute atomic E-state index is 11.3. The fourth-order valence-corrected chi connectivity index (χ4v) is 2.51. The van der Waals surface area contributed by atoms with E-state index in [1.54, 1.807) is 0 Å². The zero-order valence-corrected chi connectivity index (χ0v) is 8.74. The summed E-state index contributed by atoms with van der Waals surface area (Å²) in [6, 6.07) is 0. The van der Waals surface area contributed by atoms with Crippen molar-refractivity contribution in [3.05, 3.63) is 0 Å². The molecule has 0 aliphatic heterocycles. The van der Waals surface area contributed by atoms with Gasteiger partial charge in [0.2, 0.25) is 0 Å². The number of carbonyl (C=O) groups is 2. The number of aliphatic carboxylic acids is 1. The van der Waals surface area contributed by atoms with Crippen molar-refractivity contribution in [3.8, 4) is 0 Å². The third-order valence-corrected chi connectivity index (χ3v) is 3.50. The van der Waals surface area contributed by atoms with E-state index in [0.717, 1.165) is 0 Å². The Hall–Kier alpha value is -1.06. The van der Waals surface area contributed by atoms with E-state index < -0.39 is 17.8 Å². The molecule has 0 radical (unpaired) electrons. The van der Waals surface area contributed by atoms with E-state index in [9.17, 15) is 9.59 Å². The number of esters is 1. The molecular weight excluding hydrogens is 184 g/mol. The van der Waals surface area contributed by atoms with E-state index in [1.807, 2.05) is 13.8 Å². The van der Waals surface area contributed by atoms with Gasteiger partial charge in [0.15, 0.2) is 0 Å². The van der Waals surface area contributed by atoms with Crippen molar-refractivity contribution in [1.82, 2.24) is 0 Å². The molecule has 1 saturated carbocycles. The summed E-state index contributed by atoms with van der Waals surface area (Å²) >= 11 is 0. The summed E-state index contributed by atoms with van der Waals surface area (Å²) in [6.45, 7) is 3.84. The van der Waals surface area contributed by atoms with Crippen LogP contribution in [0.25, 0.3) is 0 Å². The topological polar surface area (TPSA) is 63.6 Å². The minimum absolute atomic E-state index is 0.362. The SMILES string of the molecule is CCC1(CC)C(C(=O)O)C1C(=O)OC. The molecule has 1 aliphatic rings. The molecule has 0 spiro atoms. The summed E-state index contributed by atoms with van der Waals surface area (Å²) in [6.07, 6.45) is 1.42. The standard InChI is InChI=1S/C10H16O4/c1-4-10(5-2)6(8(11)12)7(10)9(13)14-3/h6-7H,4-5H2,1-3H3,(H,11,12). The lowest BCUT2D eigenvalue weighted by atomic mass is 9.95. The van der Waals surface area contributed by atoms with E-state index >= 15 is 0 Å². The highest BCUT2D eigenvalue weighted by molar-refractivity contribution is 5.88. The van der Waals surface area contributed by atoms with Crippen LogP contribution in [-0.2, 0) is 14.3 Å². The first kappa shape index (κ1) is 11.0. The zero-order valence-electron chi connectivity index (χ0n) is 8.74. The lowest BCUT2D eigenvalue weighted by Crippen LogP contribution is -2.10. The number of hydrogen-bond acceptors (Lipinski definition) is 3. The summed E-state index contributed by atoms with van der Waals surface area (Å²) in [5.74, 6) is -2.27. The third kappa shape index (κ3) is 1.29. The normalized spacial score (nSPS) is 28.2. The van der Waals surface area contributed by atoms with Gasteiger partial charge in [-0.25, -0.2) is 0 Å². The van der Waals surface area contributed by atoms with Crippen LogP contribution in [0.1, 0.15) is 26.7 Å². The second-order valence-electron chi connectivity index (χ2n) is 3.76. The minimum Gasteiger partial charge on any atom is -0.481 e. The van der Waals surface area contributed by atoms with E-state index in [1.165, 1.54) is 7.11 Å². The maximum Gasteiger partial charge on any atom is 0.310 e. The van der Waals surface area contributed by atoms with E-state index in [-0.39, 0.29) is 11.4 Å². The largest absolute Gasteiger partial charge is 0.481 e. The molecule has 4 nitrogen and oxygen atoms in total. The van der Waals surface area contributed by atoms with Gasteiger partial charge in [-0.3, -0.25) is 9.59 Å². The van der Waals surface area contributed by atoms with Crippen molar-refractivity contribution in [2.24, 2.45) is 17.3 Å². The highest BCUT2D eigenvalue weighted by Crippen LogP contribution is 2.63. The molecule has 4 heteroatoms. The molecule has 80 valence electrons. The number of carbonyl (C=O) groups excluding carboxylic acids is 1. The van der Waals surface area contributed by atoms with Crippen LogP contribution in [0.5, 0.6) is 0 Å². The van der Waals surface area contributed by atoms with Gasteiger partial charge in [-0.1, -0.05) is 13.8 Å². The van der Waals surface area contributed by atoms with Gasteiger partial charge in [-0.15, -0.1) is 0 Å². The molecule has 0 amide bonds. The van der Waals surface area contributed by atoms with Crippen molar-refractivity contribution >= 4 is 11.9 Å². The molecule has 0 bridgehead atoms. The Balaban J connectivity index is 2.87. The molecule has 0 aromatic heterocycles. The highest BCUT2D eigenvalue weighted by atomic mass is 16.5. The highest BCUT2D eigenvalue weighted by Gasteiger charge is 2.70. The van der Waals surface area contributed by atoms with E-state index in [4.69, 9.17) is 5.11 Å². The maximum atomic E-state index is 11.3. The summed E-state index contributed by atoms with van der Waals surface area (Å²) in [4.78, 5) is 22.3. The molecule has 14 heavy (non-hydrogen) atoms. The summed E-state index contributed by atoms with van der Waals surface area (Å²) in [5.41, 5.74) is -0.362. The first-order valence-corrected chi connectivity index (χ1v) is 4.85. The molecule has 1 aliphatic carbocycles. The Bertz CT molecular complexity index is 255. The van der Waals surface area contributed by atoms with Crippen LogP contribution in [0.4, 0.5) is 0 Å². The monoisotopic (exact) mass is 200 g/mol. The van der Waals surface area contributed by atoms with Gasteiger partial charge in [-0.2, -0.15) is 0 Å². The Labute approximate surface area is 83.2 Å². The molecule has 1 rings (SSSR count). The van der Waals surface area contributed by atoms with Crippen molar-refractivity contribution < 1.29 is 19.4 Å². The van der Waals surface area contributed by atoms with Crippen LogP contribution in [0.3, 0.4) is 0 Å². The molecule has 0 saturated heterocycles. The summed E-state index contributed by atoms with van der Waals surface area (Å²) < 4.78 is 4.61. The van der Waals surface area contributed by atoms with E-state index in [2.05, 4.69) is 4.74 Å². The summed E-state index contributed by atoms with van der Waals surface area (Å²) in [7, 11) is 1.30.